The van der Waals surface area contributed by atoms with Crippen molar-refractivity contribution in [2.45, 2.75) is 177 Å². The van der Waals surface area contributed by atoms with Crippen molar-refractivity contribution in [3.8, 4) is 0 Å². The molecule has 13 heteroatoms. The van der Waals surface area contributed by atoms with Crippen LogP contribution in [0.5, 0.6) is 0 Å². The maximum Gasteiger partial charge on any atom is 0.317 e. The maximum atomic E-state index is 15.2. The molecule has 0 amide bonds. The highest BCUT2D eigenvalue weighted by molar-refractivity contribution is 5.80. The van der Waals surface area contributed by atoms with Crippen molar-refractivity contribution in [3.63, 3.8) is 0 Å². The number of carbonyl (C=O) groups excluding carboxylic acids is 5. The summed E-state index contributed by atoms with van der Waals surface area (Å²) in [6.45, 7) is 20.0. The summed E-state index contributed by atoms with van der Waals surface area (Å²) in [7, 11) is 0. The first-order chi connectivity index (χ1) is 26.3. The van der Waals surface area contributed by atoms with E-state index in [0.29, 0.717) is 37.5 Å². The largest absolute Gasteiger partial charge is 0.463 e. The van der Waals surface area contributed by atoms with Crippen molar-refractivity contribution in [1.29, 1.82) is 0 Å². The second-order valence-electron chi connectivity index (χ2n) is 20.3. The van der Waals surface area contributed by atoms with Crippen molar-refractivity contribution in [1.82, 2.24) is 0 Å². The van der Waals surface area contributed by atoms with Gasteiger partial charge in [0, 0.05) is 27.7 Å². The van der Waals surface area contributed by atoms with E-state index in [4.69, 9.17) is 28.4 Å². The predicted molar refractivity (Wildman–Crippen MR) is 204 cm³/mol. The zero-order chi connectivity index (χ0) is 42.3. The van der Waals surface area contributed by atoms with Crippen molar-refractivity contribution >= 4 is 29.8 Å². The van der Waals surface area contributed by atoms with Crippen LogP contribution in [0.2, 0.25) is 0 Å². The maximum absolute atomic E-state index is 15.2. The van der Waals surface area contributed by atoms with Gasteiger partial charge in [0.25, 0.3) is 0 Å². The van der Waals surface area contributed by atoms with Gasteiger partial charge in [0.05, 0.1) is 12.2 Å². The Bertz CT molecular complexity index is 1670. The van der Waals surface area contributed by atoms with Gasteiger partial charge >= 0.3 is 29.8 Å². The van der Waals surface area contributed by atoms with Crippen LogP contribution < -0.4 is 0 Å². The molecule has 0 spiro atoms. The lowest BCUT2D eigenvalue weighted by Gasteiger charge is -2.71. The minimum Gasteiger partial charge on any atom is -0.463 e. The Hall–Kier alpha value is -3.03. The van der Waals surface area contributed by atoms with Gasteiger partial charge in [-0.25, -0.2) is 0 Å². The van der Waals surface area contributed by atoms with Gasteiger partial charge in [-0.05, 0) is 103 Å². The van der Waals surface area contributed by atoms with Crippen LogP contribution >= 0.6 is 0 Å². The van der Waals surface area contributed by atoms with Gasteiger partial charge in [0.1, 0.15) is 18.1 Å². The molecule has 0 aromatic carbocycles. The van der Waals surface area contributed by atoms with Gasteiger partial charge in [-0.1, -0.05) is 60.1 Å². The standard InChI is InChI=1S/C44H66O13/c1-23(45)52-22-29-34(53-24(2)46)35(54-25(3)47)36(55-26(4)48)37(56-29)57-38(51)44-19-18-39(5,6)20-28(44)27-12-13-31-41(9)16-15-32(49)40(7,8)30(41)14-17-42(31,10)43(27,11)21-33(44)50/h12,28-37,49-50H,13-22H2,1-11H3/t28-,29?,30?,31+,32-,33?,34-,35?,36?,37+,41-,42+,43+,44+/m0/s1. The van der Waals surface area contributed by atoms with Crippen molar-refractivity contribution in [3.05, 3.63) is 11.6 Å². The van der Waals surface area contributed by atoms with Crippen LogP contribution in [0.1, 0.15) is 134 Å². The van der Waals surface area contributed by atoms with E-state index in [9.17, 15) is 29.4 Å². The summed E-state index contributed by atoms with van der Waals surface area (Å²) in [5.74, 6) is -3.49. The van der Waals surface area contributed by atoms with Crippen LogP contribution in [0.4, 0.5) is 0 Å². The predicted octanol–water partition coefficient (Wildman–Crippen LogP) is 5.75. The molecule has 0 radical (unpaired) electrons. The summed E-state index contributed by atoms with van der Waals surface area (Å²) in [5, 5.41) is 23.8. The van der Waals surface area contributed by atoms with Gasteiger partial charge in [-0.15, -0.1) is 0 Å². The second-order valence-corrected chi connectivity index (χ2v) is 20.3. The topological polar surface area (TPSA) is 181 Å². The molecule has 57 heavy (non-hydrogen) atoms. The molecule has 320 valence electrons. The SMILES string of the molecule is CC(=O)OCC1O[C@H](OC(=O)[C@]23CCC(C)(C)C[C@H]2C2=CC[C@@H]4[C@@]5(C)CC[C@H](O)C(C)(C)C5CC[C@@]4(C)[C@]2(C)CC3O)C(OC(C)=O)C(OC(C)=O)[C@H]1OC(C)=O. The summed E-state index contributed by atoms with van der Waals surface area (Å²) >= 11 is 0. The lowest BCUT2D eigenvalue weighted by molar-refractivity contribution is -0.306. The Kier molecular flexibility index (Phi) is 11.4. The molecule has 6 aliphatic rings. The minimum atomic E-state index is -1.69. The monoisotopic (exact) mass is 802 g/mol. The quantitative estimate of drug-likeness (QED) is 0.181. The van der Waals surface area contributed by atoms with Gasteiger partial charge in [-0.2, -0.15) is 0 Å². The number of ether oxygens (including phenoxy) is 6. The van der Waals surface area contributed by atoms with Crippen LogP contribution in [-0.2, 0) is 52.4 Å². The summed E-state index contributed by atoms with van der Waals surface area (Å²) in [5.41, 5.74) is -1.24. The Balaban J connectivity index is 1.40. The van der Waals surface area contributed by atoms with Crippen molar-refractivity contribution < 1.29 is 62.6 Å². The molecule has 13 nitrogen and oxygen atoms in total. The van der Waals surface area contributed by atoms with Gasteiger partial charge in [0.15, 0.2) is 12.2 Å². The Morgan fingerprint density at radius 2 is 1.32 bits per heavy atom. The summed E-state index contributed by atoms with van der Waals surface area (Å²) in [6.07, 6.45) is -0.174. The van der Waals surface area contributed by atoms with Gasteiger partial charge in [0.2, 0.25) is 12.4 Å². The van der Waals surface area contributed by atoms with E-state index in [0.717, 1.165) is 52.9 Å². The molecular weight excluding hydrogens is 736 g/mol. The number of allylic oxidation sites excluding steroid dienone is 2. The minimum absolute atomic E-state index is 0.0137. The highest BCUT2D eigenvalue weighted by Gasteiger charge is 2.72. The van der Waals surface area contributed by atoms with E-state index >= 15 is 4.79 Å². The molecule has 14 atom stereocenters. The number of fused-ring (bicyclic) bond motifs is 7. The average Bonchev–Trinajstić information content (AvgIpc) is 3.08. The number of aliphatic hydroxyl groups is 2. The van der Waals surface area contributed by atoms with Crippen LogP contribution in [0, 0.1) is 50.2 Å². The highest BCUT2D eigenvalue weighted by Crippen LogP contribution is 2.76. The zero-order valence-corrected chi connectivity index (χ0v) is 35.8. The first-order valence-electron chi connectivity index (χ1n) is 20.9. The van der Waals surface area contributed by atoms with E-state index in [1.165, 1.54) is 12.5 Å². The third-order valence-corrected chi connectivity index (χ3v) is 16.2. The average molecular weight is 803 g/mol. The second kappa shape index (κ2) is 14.9. The number of aliphatic hydroxyl groups excluding tert-OH is 2. The van der Waals surface area contributed by atoms with Crippen molar-refractivity contribution in [2.75, 3.05) is 6.61 Å². The Morgan fingerprint density at radius 3 is 1.93 bits per heavy atom. The summed E-state index contributed by atoms with van der Waals surface area (Å²) in [4.78, 5) is 64.4. The molecule has 5 unspecified atom stereocenters. The fourth-order valence-corrected chi connectivity index (χ4v) is 13.2. The number of esters is 5. The molecule has 2 N–H and O–H groups in total. The van der Waals surface area contributed by atoms with Crippen LogP contribution in [0.25, 0.3) is 0 Å². The molecule has 5 aliphatic carbocycles. The van der Waals surface area contributed by atoms with Crippen LogP contribution in [0.3, 0.4) is 0 Å². The van der Waals surface area contributed by atoms with E-state index < -0.39 is 84.1 Å². The molecule has 0 bridgehead atoms. The third-order valence-electron chi connectivity index (χ3n) is 16.2. The molecule has 0 aromatic heterocycles. The summed E-state index contributed by atoms with van der Waals surface area (Å²) in [6, 6.07) is 0. The molecule has 1 heterocycles. The summed E-state index contributed by atoms with van der Waals surface area (Å²) < 4.78 is 34.5. The third kappa shape index (κ3) is 7.13. The molecule has 5 fully saturated rings. The molecule has 1 aliphatic heterocycles. The lowest BCUT2D eigenvalue weighted by Crippen LogP contribution is -2.68. The zero-order valence-electron chi connectivity index (χ0n) is 35.8. The number of hydrogen-bond donors (Lipinski definition) is 2. The van der Waals surface area contributed by atoms with Gasteiger partial charge in [-0.3, -0.25) is 24.0 Å². The number of rotatable bonds is 7. The first kappa shape index (κ1) is 43.5. The molecule has 1 saturated heterocycles. The highest BCUT2D eigenvalue weighted by atomic mass is 16.7. The molecular formula is C44H66O13. The van der Waals surface area contributed by atoms with E-state index in [1.54, 1.807) is 0 Å². The normalized spacial score (nSPS) is 44.3. The molecule has 0 aromatic rings. The van der Waals surface area contributed by atoms with Crippen LogP contribution in [-0.4, -0.2) is 89.6 Å². The lowest BCUT2D eigenvalue weighted by atomic mass is 9.33. The van der Waals surface area contributed by atoms with Crippen molar-refractivity contribution in [2.24, 2.45) is 50.2 Å². The van der Waals surface area contributed by atoms with Crippen LogP contribution in [0.15, 0.2) is 11.6 Å². The molecule has 4 saturated carbocycles. The van der Waals surface area contributed by atoms with E-state index in [-0.39, 0.29) is 33.7 Å². The van der Waals surface area contributed by atoms with Gasteiger partial charge < -0.3 is 38.6 Å². The Morgan fingerprint density at radius 1 is 0.702 bits per heavy atom. The van der Waals surface area contributed by atoms with E-state index in [2.05, 4.69) is 54.5 Å². The fourth-order valence-electron chi connectivity index (χ4n) is 13.2. The van der Waals surface area contributed by atoms with E-state index in [1.807, 2.05) is 0 Å². The fraction of sp³-hybridized carbons (Fsp3) is 0.841. The number of carbonyl (C=O) groups is 5. The Labute approximate surface area is 337 Å². The molecule has 6 rings (SSSR count). The first-order valence-corrected chi connectivity index (χ1v) is 20.9. The smallest absolute Gasteiger partial charge is 0.317 e. The number of hydrogen-bond acceptors (Lipinski definition) is 13.